The third-order valence-corrected chi connectivity index (χ3v) is 6.30. The Labute approximate surface area is 151 Å². The Hall–Kier alpha value is -1.29. The molecule has 4 rings (SSSR count). The lowest BCUT2D eigenvalue weighted by Gasteiger charge is -2.31. The predicted molar refractivity (Wildman–Crippen MR) is 100 cm³/mol. The Morgan fingerprint density at radius 3 is 2.67 bits per heavy atom. The van der Waals surface area contributed by atoms with Gasteiger partial charge in [0.25, 0.3) is 0 Å². The van der Waals surface area contributed by atoms with Crippen LogP contribution in [0.2, 0.25) is 5.02 Å². The molecule has 1 nitrogen and oxygen atoms in total. The molecule has 2 heterocycles. The fourth-order valence-electron chi connectivity index (χ4n) is 3.55. The van der Waals surface area contributed by atoms with E-state index in [1.807, 2.05) is 12.1 Å². The van der Waals surface area contributed by atoms with Crippen molar-refractivity contribution in [1.29, 1.82) is 0 Å². The summed E-state index contributed by atoms with van der Waals surface area (Å²) in [6.45, 7) is 2.22. The molecule has 0 unspecified atom stereocenters. The fourth-order valence-corrected chi connectivity index (χ4v) is 4.80. The van der Waals surface area contributed by atoms with E-state index in [4.69, 9.17) is 11.6 Å². The Morgan fingerprint density at radius 1 is 1.08 bits per heavy atom. The first-order chi connectivity index (χ1) is 11.6. The zero-order valence-electron chi connectivity index (χ0n) is 13.6. The summed E-state index contributed by atoms with van der Waals surface area (Å²) in [7, 11) is 2.18. The first-order valence-electron chi connectivity index (χ1n) is 8.27. The number of likely N-dealkylation sites (tertiary alicyclic amines) is 1. The highest BCUT2D eigenvalue weighted by molar-refractivity contribution is 7.99. The van der Waals surface area contributed by atoms with Gasteiger partial charge in [0, 0.05) is 14.8 Å². The molecule has 2 aliphatic heterocycles. The number of halogens is 2. The van der Waals surface area contributed by atoms with Gasteiger partial charge in [-0.2, -0.15) is 0 Å². The molecule has 0 saturated carbocycles. The smallest absolute Gasteiger partial charge is 0.124 e. The van der Waals surface area contributed by atoms with E-state index in [1.165, 1.54) is 11.1 Å². The van der Waals surface area contributed by atoms with Crippen LogP contribution < -0.4 is 0 Å². The number of fused-ring (bicyclic) bond motifs is 2. The molecule has 0 N–H and O–H groups in total. The second kappa shape index (κ2) is 6.55. The summed E-state index contributed by atoms with van der Waals surface area (Å²) >= 11 is 7.92. The molecule has 0 spiro atoms. The Bertz CT molecular complexity index is 809. The number of allylic oxidation sites excluding steroid dienone is 1. The van der Waals surface area contributed by atoms with Gasteiger partial charge < -0.3 is 4.90 Å². The van der Waals surface area contributed by atoms with E-state index in [0.29, 0.717) is 5.92 Å². The molecule has 0 atom stereocenters. The highest BCUT2D eigenvalue weighted by atomic mass is 35.5. The summed E-state index contributed by atoms with van der Waals surface area (Å²) in [5, 5.41) is 0.755. The fraction of sp³-hybridized carbons (Fsp3) is 0.300. The van der Waals surface area contributed by atoms with Crippen LogP contribution in [-0.2, 0) is 0 Å². The summed E-state index contributed by atoms with van der Waals surface area (Å²) in [6, 6.07) is 11.1. The maximum absolute atomic E-state index is 13.7. The van der Waals surface area contributed by atoms with Gasteiger partial charge in [0.1, 0.15) is 5.82 Å². The van der Waals surface area contributed by atoms with Gasteiger partial charge >= 0.3 is 0 Å². The van der Waals surface area contributed by atoms with Crippen molar-refractivity contribution in [2.45, 2.75) is 22.6 Å². The van der Waals surface area contributed by atoms with Gasteiger partial charge in [0.15, 0.2) is 0 Å². The third kappa shape index (κ3) is 3.13. The van der Waals surface area contributed by atoms with Crippen molar-refractivity contribution in [1.82, 2.24) is 4.90 Å². The van der Waals surface area contributed by atoms with Gasteiger partial charge in [0.2, 0.25) is 0 Å². The van der Waals surface area contributed by atoms with Gasteiger partial charge in [-0.3, -0.25) is 0 Å². The minimum atomic E-state index is -0.187. The van der Waals surface area contributed by atoms with Crippen LogP contribution in [0.1, 0.15) is 24.0 Å². The Balaban J connectivity index is 1.85. The molecule has 1 fully saturated rings. The van der Waals surface area contributed by atoms with Gasteiger partial charge in [-0.1, -0.05) is 29.4 Å². The van der Waals surface area contributed by atoms with Crippen LogP contribution in [0, 0.1) is 11.7 Å². The third-order valence-electron chi connectivity index (χ3n) is 4.92. The van der Waals surface area contributed by atoms with E-state index in [-0.39, 0.29) is 5.82 Å². The van der Waals surface area contributed by atoms with Gasteiger partial charge in [-0.25, -0.2) is 4.39 Å². The van der Waals surface area contributed by atoms with Gasteiger partial charge in [0.05, 0.1) is 0 Å². The molecule has 0 aromatic heterocycles. The molecular weight excluding hydrogens is 341 g/mol. The highest BCUT2D eigenvalue weighted by Gasteiger charge is 2.25. The van der Waals surface area contributed by atoms with E-state index < -0.39 is 0 Å². The molecule has 0 aliphatic carbocycles. The molecule has 4 heteroatoms. The number of hydrogen-bond acceptors (Lipinski definition) is 2. The molecule has 0 amide bonds. The lowest BCUT2D eigenvalue weighted by molar-refractivity contribution is 0.248. The standard InChI is InChI=1S/C20H19ClFNS/c1-23-8-6-13(7-9-23)17-10-14-2-4-16(22)12-20(14)24-19-5-3-15(21)11-18(17)19/h2-5,10-13H,6-9H2,1H3. The van der Waals surface area contributed by atoms with Crippen LogP contribution in [0.5, 0.6) is 0 Å². The molecule has 2 aromatic carbocycles. The van der Waals surface area contributed by atoms with E-state index in [2.05, 4.69) is 30.2 Å². The van der Waals surface area contributed by atoms with Crippen molar-refractivity contribution in [3.05, 3.63) is 58.4 Å². The molecule has 2 aromatic rings. The van der Waals surface area contributed by atoms with Crippen molar-refractivity contribution < 1.29 is 4.39 Å². The van der Waals surface area contributed by atoms with E-state index in [0.717, 1.165) is 46.3 Å². The largest absolute Gasteiger partial charge is 0.306 e. The van der Waals surface area contributed by atoms with Crippen molar-refractivity contribution in [2.24, 2.45) is 5.92 Å². The zero-order valence-corrected chi connectivity index (χ0v) is 15.1. The van der Waals surface area contributed by atoms with Crippen LogP contribution in [0.3, 0.4) is 0 Å². The molecule has 2 aliphatic rings. The summed E-state index contributed by atoms with van der Waals surface area (Å²) in [5.41, 5.74) is 3.65. The lowest BCUT2D eigenvalue weighted by Crippen LogP contribution is -2.30. The summed E-state index contributed by atoms with van der Waals surface area (Å²) in [4.78, 5) is 4.51. The maximum Gasteiger partial charge on any atom is 0.124 e. The average molecular weight is 360 g/mol. The lowest BCUT2D eigenvalue weighted by atomic mass is 9.84. The second-order valence-electron chi connectivity index (χ2n) is 6.60. The quantitative estimate of drug-likeness (QED) is 0.630. The van der Waals surface area contributed by atoms with Crippen LogP contribution in [0.25, 0.3) is 11.6 Å². The number of nitrogens with zero attached hydrogens (tertiary/aromatic N) is 1. The minimum absolute atomic E-state index is 0.187. The second-order valence-corrected chi connectivity index (χ2v) is 8.12. The Morgan fingerprint density at radius 2 is 1.88 bits per heavy atom. The van der Waals surface area contributed by atoms with Crippen molar-refractivity contribution >= 4 is 35.0 Å². The summed E-state index contributed by atoms with van der Waals surface area (Å²) < 4.78 is 13.7. The number of rotatable bonds is 1. The van der Waals surface area contributed by atoms with Crippen LogP contribution in [0.4, 0.5) is 4.39 Å². The monoisotopic (exact) mass is 359 g/mol. The summed E-state index contributed by atoms with van der Waals surface area (Å²) in [5.74, 6) is 0.336. The molecule has 124 valence electrons. The predicted octanol–water partition coefficient (Wildman–Crippen LogP) is 5.83. The normalized spacial score (nSPS) is 18.5. The minimum Gasteiger partial charge on any atom is -0.306 e. The molecule has 24 heavy (non-hydrogen) atoms. The van der Waals surface area contributed by atoms with Crippen molar-refractivity contribution in [3.63, 3.8) is 0 Å². The number of piperidine rings is 1. The number of benzene rings is 2. The zero-order chi connectivity index (χ0) is 16.7. The molecule has 0 radical (unpaired) electrons. The topological polar surface area (TPSA) is 3.24 Å². The first kappa shape index (κ1) is 16.2. The molecule has 1 saturated heterocycles. The summed E-state index contributed by atoms with van der Waals surface area (Å²) in [6.07, 6.45) is 4.55. The van der Waals surface area contributed by atoms with Gasteiger partial charge in [-0.15, -0.1) is 0 Å². The highest BCUT2D eigenvalue weighted by Crippen LogP contribution is 2.45. The average Bonchev–Trinajstić information content (AvgIpc) is 2.72. The van der Waals surface area contributed by atoms with Crippen LogP contribution in [0.15, 0.2) is 46.2 Å². The van der Waals surface area contributed by atoms with Crippen molar-refractivity contribution in [2.75, 3.05) is 20.1 Å². The number of hydrogen-bond donors (Lipinski definition) is 0. The molecule has 0 bridgehead atoms. The SMILES string of the molecule is CN1CCC(C2=Cc3ccc(F)cc3Sc3ccc(Cl)cc32)CC1. The first-order valence-corrected chi connectivity index (χ1v) is 9.47. The van der Waals surface area contributed by atoms with E-state index in [9.17, 15) is 4.39 Å². The Kier molecular flexibility index (Phi) is 4.42. The molecular formula is C20H19ClFNS. The van der Waals surface area contributed by atoms with Crippen LogP contribution >= 0.6 is 23.4 Å². The van der Waals surface area contributed by atoms with Gasteiger partial charge in [-0.05, 0) is 92.0 Å². The maximum atomic E-state index is 13.7. The van der Waals surface area contributed by atoms with Crippen LogP contribution in [-0.4, -0.2) is 25.0 Å². The van der Waals surface area contributed by atoms with E-state index in [1.54, 1.807) is 23.9 Å². The van der Waals surface area contributed by atoms with E-state index >= 15 is 0 Å². The van der Waals surface area contributed by atoms with Crippen molar-refractivity contribution in [3.8, 4) is 0 Å².